The van der Waals surface area contributed by atoms with E-state index < -0.39 is 0 Å². The molecule has 4 nitrogen and oxygen atoms in total. The summed E-state index contributed by atoms with van der Waals surface area (Å²) in [5.74, 6) is 0.872. The minimum Gasteiger partial charge on any atom is -0.373 e. The van der Waals surface area contributed by atoms with Crippen molar-refractivity contribution in [2.45, 2.75) is 25.8 Å². The predicted molar refractivity (Wildman–Crippen MR) is 63.3 cm³/mol. The molecule has 1 aromatic heterocycles. The minimum absolute atomic E-state index is 0.218. The lowest BCUT2D eigenvalue weighted by molar-refractivity contribution is -0.118. The molecule has 0 unspecified atom stereocenters. The van der Waals surface area contributed by atoms with Gasteiger partial charge in [-0.2, -0.15) is 0 Å². The SMILES string of the molecule is CNc1cc(C)c([C@@H]2CCCN2C=O)cn1. The lowest BCUT2D eigenvalue weighted by Gasteiger charge is -2.21. The molecular formula is C12H17N3O. The van der Waals surface area contributed by atoms with Crippen molar-refractivity contribution in [3.8, 4) is 0 Å². The highest BCUT2D eigenvalue weighted by atomic mass is 16.1. The summed E-state index contributed by atoms with van der Waals surface area (Å²) in [7, 11) is 1.86. The third-order valence-electron chi connectivity index (χ3n) is 3.20. The third-order valence-corrected chi connectivity index (χ3v) is 3.20. The quantitative estimate of drug-likeness (QED) is 0.787. The van der Waals surface area contributed by atoms with Crippen LogP contribution in [0, 0.1) is 6.92 Å². The van der Waals surface area contributed by atoms with Gasteiger partial charge >= 0.3 is 0 Å². The summed E-state index contributed by atoms with van der Waals surface area (Å²) in [6.45, 7) is 2.93. The number of carbonyl (C=O) groups excluding carboxylic acids is 1. The van der Waals surface area contributed by atoms with Gasteiger partial charge in [0.2, 0.25) is 6.41 Å². The number of amides is 1. The molecule has 1 aromatic rings. The summed E-state index contributed by atoms with van der Waals surface area (Å²) in [5, 5.41) is 3.02. The van der Waals surface area contributed by atoms with Crippen molar-refractivity contribution in [3.63, 3.8) is 0 Å². The Balaban J connectivity index is 2.29. The van der Waals surface area contributed by atoms with Crippen LogP contribution in [-0.2, 0) is 4.79 Å². The third kappa shape index (κ3) is 1.87. The average Bonchev–Trinajstić information content (AvgIpc) is 2.76. The molecule has 1 aliphatic heterocycles. The Morgan fingerprint density at radius 2 is 2.44 bits per heavy atom. The van der Waals surface area contributed by atoms with E-state index >= 15 is 0 Å². The van der Waals surface area contributed by atoms with Crippen LogP contribution in [0.3, 0.4) is 0 Å². The van der Waals surface area contributed by atoms with Crippen molar-refractivity contribution >= 4 is 12.2 Å². The van der Waals surface area contributed by atoms with Crippen LogP contribution in [0.5, 0.6) is 0 Å². The maximum Gasteiger partial charge on any atom is 0.210 e. The monoisotopic (exact) mass is 219 g/mol. The fraction of sp³-hybridized carbons (Fsp3) is 0.500. The van der Waals surface area contributed by atoms with Gasteiger partial charge in [0, 0.05) is 19.8 Å². The van der Waals surface area contributed by atoms with Gasteiger partial charge < -0.3 is 10.2 Å². The highest BCUT2D eigenvalue weighted by Crippen LogP contribution is 2.32. The molecule has 16 heavy (non-hydrogen) atoms. The Bertz CT molecular complexity index is 392. The Morgan fingerprint density at radius 3 is 3.06 bits per heavy atom. The predicted octanol–water partition coefficient (Wildman–Crippen LogP) is 1.73. The molecule has 0 spiro atoms. The van der Waals surface area contributed by atoms with E-state index in [0.717, 1.165) is 31.6 Å². The molecule has 0 aliphatic carbocycles. The van der Waals surface area contributed by atoms with Crippen LogP contribution in [0.2, 0.25) is 0 Å². The Hall–Kier alpha value is -1.58. The maximum atomic E-state index is 10.9. The number of nitrogens with zero attached hydrogens (tertiary/aromatic N) is 2. The van der Waals surface area contributed by atoms with Gasteiger partial charge in [0.05, 0.1) is 6.04 Å². The molecule has 4 heteroatoms. The number of hydrogen-bond donors (Lipinski definition) is 1. The van der Waals surface area contributed by atoms with Crippen molar-refractivity contribution in [2.24, 2.45) is 0 Å². The Labute approximate surface area is 95.7 Å². The molecule has 1 aliphatic rings. The summed E-state index contributed by atoms with van der Waals surface area (Å²) in [4.78, 5) is 17.1. The molecular weight excluding hydrogens is 202 g/mol. The number of rotatable bonds is 3. The highest BCUT2D eigenvalue weighted by molar-refractivity contribution is 5.51. The molecule has 1 atom stereocenters. The zero-order valence-electron chi connectivity index (χ0n) is 9.73. The molecule has 2 rings (SSSR count). The lowest BCUT2D eigenvalue weighted by atomic mass is 10.0. The van der Waals surface area contributed by atoms with E-state index in [-0.39, 0.29) is 6.04 Å². The first-order valence-corrected chi connectivity index (χ1v) is 5.61. The van der Waals surface area contributed by atoms with Gasteiger partial charge in [0.1, 0.15) is 5.82 Å². The van der Waals surface area contributed by atoms with E-state index in [1.807, 2.05) is 24.2 Å². The molecule has 0 aromatic carbocycles. The number of pyridine rings is 1. The molecule has 1 N–H and O–H groups in total. The van der Waals surface area contributed by atoms with Crippen LogP contribution in [0.4, 0.5) is 5.82 Å². The second kappa shape index (κ2) is 4.51. The summed E-state index contributed by atoms with van der Waals surface area (Å²) >= 11 is 0. The molecule has 1 saturated heterocycles. The van der Waals surface area contributed by atoms with Crippen molar-refractivity contribution in [2.75, 3.05) is 18.9 Å². The largest absolute Gasteiger partial charge is 0.373 e. The first-order chi connectivity index (χ1) is 7.76. The molecule has 86 valence electrons. The van der Waals surface area contributed by atoms with Gasteiger partial charge in [-0.1, -0.05) is 0 Å². The van der Waals surface area contributed by atoms with Crippen LogP contribution in [0.25, 0.3) is 0 Å². The summed E-state index contributed by atoms with van der Waals surface area (Å²) in [5.41, 5.74) is 2.36. The van der Waals surface area contributed by atoms with Gasteiger partial charge in [-0.3, -0.25) is 4.79 Å². The number of hydrogen-bond acceptors (Lipinski definition) is 3. The molecule has 1 fully saturated rings. The van der Waals surface area contributed by atoms with E-state index in [0.29, 0.717) is 0 Å². The van der Waals surface area contributed by atoms with Crippen LogP contribution in [-0.4, -0.2) is 29.9 Å². The summed E-state index contributed by atoms with van der Waals surface area (Å²) < 4.78 is 0. The van der Waals surface area contributed by atoms with Crippen molar-refractivity contribution in [1.29, 1.82) is 0 Å². The number of aromatic nitrogens is 1. The van der Waals surface area contributed by atoms with Crippen molar-refractivity contribution < 1.29 is 4.79 Å². The van der Waals surface area contributed by atoms with Gasteiger partial charge in [0.25, 0.3) is 0 Å². The van der Waals surface area contributed by atoms with Crippen molar-refractivity contribution in [3.05, 3.63) is 23.4 Å². The van der Waals surface area contributed by atoms with Crippen molar-refractivity contribution in [1.82, 2.24) is 9.88 Å². The first kappa shape index (κ1) is 10.9. The maximum absolute atomic E-state index is 10.9. The average molecular weight is 219 g/mol. The molecule has 0 radical (unpaired) electrons. The fourth-order valence-electron chi connectivity index (χ4n) is 2.30. The highest BCUT2D eigenvalue weighted by Gasteiger charge is 2.25. The second-order valence-corrected chi connectivity index (χ2v) is 4.18. The van der Waals surface area contributed by atoms with E-state index in [1.165, 1.54) is 11.1 Å². The van der Waals surface area contributed by atoms with E-state index in [9.17, 15) is 4.79 Å². The molecule has 0 saturated carbocycles. The van der Waals surface area contributed by atoms with E-state index in [2.05, 4.69) is 17.2 Å². The number of anilines is 1. The van der Waals surface area contributed by atoms with E-state index in [4.69, 9.17) is 0 Å². The van der Waals surface area contributed by atoms with Gasteiger partial charge in [-0.15, -0.1) is 0 Å². The second-order valence-electron chi connectivity index (χ2n) is 4.18. The lowest BCUT2D eigenvalue weighted by Crippen LogP contribution is -2.22. The number of nitrogens with one attached hydrogen (secondary N) is 1. The fourth-order valence-corrected chi connectivity index (χ4v) is 2.30. The van der Waals surface area contributed by atoms with Crippen LogP contribution >= 0.6 is 0 Å². The smallest absolute Gasteiger partial charge is 0.210 e. The minimum atomic E-state index is 0.218. The van der Waals surface area contributed by atoms with Crippen LogP contribution < -0.4 is 5.32 Å². The number of carbonyl (C=O) groups is 1. The zero-order valence-corrected chi connectivity index (χ0v) is 9.73. The molecule has 0 bridgehead atoms. The van der Waals surface area contributed by atoms with Gasteiger partial charge in [0.15, 0.2) is 0 Å². The molecule has 2 heterocycles. The number of aryl methyl sites for hydroxylation is 1. The van der Waals surface area contributed by atoms with Crippen LogP contribution in [0.1, 0.15) is 30.0 Å². The van der Waals surface area contributed by atoms with Crippen LogP contribution in [0.15, 0.2) is 12.3 Å². The van der Waals surface area contributed by atoms with Gasteiger partial charge in [-0.05, 0) is 37.0 Å². The Kier molecular flexibility index (Phi) is 3.08. The standard InChI is InChI=1S/C12H17N3O/c1-9-6-12(13-2)14-7-10(9)11-4-3-5-15(11)8-16/h6-8,11H,3-5H2,1-2H3,(H,13,14)/t11-/m0/s1. The Morgan fingerprint density at radius 1 is 1.62 bits per heavy atom. The van der Waals surface area contributed by atoms with Gasteiger partial charge in [-0.25, -0.2) is 4.98 Å². The first-order valence-electron chi connectivity index (χ1n) is 5.61. The zero-order chi connectivity index (χ0) is 11.5. The normalized spacial score (nSPS) is 19.9. The summed E-state index contributed by atoms with van der Waals surface area (Å²) in [6, 6.07) is 2.24. The molecule has 1 amide bonds. The topological polar surface area (TPSA) is 45.2 Å². The summed E-state index contributed by atoms with van der Waals surface area (Å²) in [6.07, 6.45) is 4.95. The number of likely N-dealkylation sites (tertiary alicyclic amines) is 1. The van der Waals surface area contributed by atoms with E-state index in [1.54, 1.807) is 0 Å².